The van der Waals surface area contributed by atoms with Gasteiger partial charge in [0.15, 0.2) is 0 Å². The van der Waals surface area contributed by atoms with Gasteiger partial charge in [-0.1, -0.05) is 17.7 Å². The van der Waals surface area contributed by atoms with Crippen LogP contribution >= 0.6 is 11.6 Å². The number of anilines is 2. The molecule has 0 bridgehead atoms. The van der Waals surface area contributed by atoms with E-state index in [0.717, 1.165) is 0 Å². The van der Waals surface area contributed by atoms with E-state index in [1.54, 1.807) is 29.9 Å². The van der Waals surface area contributed by atoms with E-state index in [4.69, 9.17) is 22.1 Å². The summed E-state index contributed by atoms with van der Waals surface area (Å²) < 4.78 is 6.68. The van der Waals surface area contributed by atoms with E-state index in [1.165, 1.54) is 6.33 Å². The standard InChI is InChI=1S/C19H20ClN7O2/c1-11(25-17-12(9-21)16(22)23-10-24-17)18-26-14-6-3-5-13(20)15(14)19(28)27(18)7-4-8-29-2/h3,5-6,10-11H,4,7-8H2,1-2H3,(H3,22,23,24,25). The lowest BCUT2D eigenvalue weighted by Crippen LogP contribution is -2.29. The molecule has 1 aromatic carbocycles. The Labute approximate surface area is 172 Å². The van der Waals surface area contributed by atoms with E-state index >= 15 is 0 Å². The highest BCUT2D eigenvalue weighted by Gasteiger charge is 2.20. The summed E-state index contributed by atoms with van der Waals surface area (Å²) in [4.78, 5) is 25.8. The van der Waals surface area contributed by atoms with Crippen LogP contribution in [0.1, 0.15) is 30.8 Å². The predicted octanol–water partition coefficient (Wildman–Crippen LogP) is 2.50. The van der Waals surface area contributed by atoms with Crippen molar-refractivity contribution in [3.8, 4) is 6.07 Å². The molecule has 0 saturated carbocycles. The smallest absolute Gasteiger partial charge is 0.262 e. The summed E-state index contributed by atoms with van der Waals surface area (Å²) in [6.45, 7) is 2.72. The van der Waals surface area contributed by atoms with Gasteiger partial charge in [0, 0.05) is 20.3 Å². The summed E-state index contributed by atoms with van der Waals surface area (Å²) in [6, 6.07) is 6.69. The van der Waals surface area contributed by atoms with Crippen molar-refractivity contribution >= 4 is 34.1 Å². The SMILES string of the molecule is COCCCn1c(C(C)Nc2ncnc(N)c2C#N)nc2cccc(Cl)c2c1=O. The minimum atomic E-state index is -0.449. The normalized spacial score (nSPS) is 11.9. The first-order valence-corrected chi connectivity index (χ1v) is 9.30. The molecule has 2 heterocycles. The van der Waals surface area contributed by atoms with Gasteiger partial charge in [0.1, 0.15) is 35.4 Å². The number of nitriles is 1. The molecule has 0 aliphatic rings. The second kappa shape index (κ2) is 8.86. The first-order chi connectivity index (χ1) is 14.0. The Bertz CT molecular complexity index is 1140. The number of nitrogens with one attached hydrogen (secondary N) is 1. The zero-order chi connectivity index (χ0) is 21.0. The lowest BCUT2D eigenvalue weighted by atomic mass is 10.2. The van der Waals surface area contributed by atoms with E-state index < -0.39 is 6.04 Å². The lowest BCUT2D eigenvalue weighted by Gasteiger charge is -2.20. The van der Waals surface area contributed by atoms with Gasteiger partial charge in [-0.05, 0) is 25.5 Å². The molecule has 150 valence electrons. The van der Waals surface area contributed by atoms with Crippen molar-refractivity contribution in [2.24, 2.45) is 0 Å². The van der Waals surface area contributed by atoms with Crippen LogP contribution in [0.25, 0.3) is 10.9 Å². The molecule has 3 N–H and O–H groups in total. The van der Waals surface area contributed by atoms with Crippen molar-refractivity contribution in [3.05, 3.63) is 51.3 Å². The highest BCUT2D eigenvalue weighted by Crippen LogP contribution is 2.24. The summed E-state index contributed by atoms with van der Waals surface area (Å²) in [5.74, 6) is 0.839. The van der Waals surface area contributed by atoms with Crippen LogP contribution in [0.5, 0.6) is 0 Å². The molecule has 0 spiro atoms. The van der Waals surface area contributed by atoms with Gasteiger partial charge in [-0.2, -0.15) is 5.26 Å². The van der Waals surface area contributed by atoms with Gasteiger partial charge in [0.2, 0.25) is 0 Å². The van der Waals surface area contributed by atoms with Gasteiger partial charge < -0.3 is 15.8 Å². The second-order valence-electron chi connectivity index (χ2n) is 6.37. The van der Waals surface area contributed by atoms with E-state index in [-0.39, 0.29) is 22.8 Å². The average molecular weight is 414 g/mol. The number of benzene rings is 1. The zero-order valence-corrected chi connectivity index (χ0v) is 16.8. The number of nitrogens with two attached hydrogens (primary N) is 1. The maximum Gasteiger partial charge on any atom is 0.262 e. The van der Waals surface area contributed by atoms with Crippen LogP contribution in [-0.4, -0.2) is 33.2 Å². The molecule has 1 atom stereocenters. The van der Waals surface area contributed by atoms with E-state index in [1.807, 2.05) is 13.0 Å². The topological polar surface area (TPSA) is 132 Å². The number of aromatic nitrogens is 4. The third-order valence-electron chi connectivity index (χ3n) is 4.42. The average Bonchev–Trinajstić information content (AvgIpc) is 2.69. The molecule has 2 aromatic heterocycles. The Morgan fingerprint density at radius 3 is 2.93 bits per heavy atom. The first-order valence-electron chi connectivity index (χ1n) is 8.93. The molecule has 3 aromatic rings. The Balaban J connectivity index is 2.09. The fourth-order valence-corrected chi connectivity index (χ4v) is 3.29. The molecule has 0 radical (unpaired) electrons. The summed E-state index contributed by atoms with van der Waals surface area (Å²) >= 11 is 6.25. The third-order valence-corrected chi connectivity index (χ3v) is 4.74. The van der Waals surface area contributed by atoms with Crippen molar-refractivity contribution in [2.75, 3.05) is 24.8 Å². The fraction of sp³-hybridized carbons (Fsp3) is 0.316. The Morgan fingerprint density at radius 1 is 1.41 bits per heavy atom. The Morgan fingerprint density at radius 2 is 2.21 bits per heavy atom. The van der Waals surface area contributed by atoms with Crippen LogP contribution < -0.4 is 16.6 Å². The van der Waals surface area contributed by atoms with Crippen molar-refractivity contribution in [2.45, 2.75) is 25.9 Å². The van der Waals surface area contributed by atoms with Crippen LogP contribution in [0.2, 0.25) is 5.02 Å². The Kier molecular flexibility index (Phi) is 6.26. The molecule has 9 nitrogen and oxygen atoms in total. The molecule has 3 rings (SSSR count). The van der Waals surface area contributed by atoms with Gasteiger partial charge in [-0.3, -0.25) is 9.36 Å². The molecule has 0 saturated heterocycles. The molecule has 1 unspecified atom stereocenters. The number of fused-ring (bicyclic) bond motifs is 1. The maximum atomic E-state index is 13.2. The van der Waals surface area contributed by atoms with Gasteiger partial charge in [-0.25, -0.2) is 15.0 Å². The highest BCUT2D eigenvalue weighted by molar-refractivity contribution is 6.35. The molecule has 10 heteroatoms. The van der Waals surface area contributed by atoms with E-state index in [9.17, 15) is 10.1 Å². The second-order valence-corrected chi connectivity index (χ2v) is 6.77. The van der Waals surface area contributed by atoms with Crippen LogP contribution in [0, 0.1) is 11.3 Å². The number of methoxy groups -OCH3 is 1. The van der Waals surface area contributed by atoms with Crippen LogP contribution in [0.4, 0.5) is 11.6 Å². The van der Waals surface area contributed by atoms with Gasteiger partial charge in [0.05, 0.1) is 22.0 Å². The van der Waals surface area contributed by atoms with Gasteiger partial charge in [-0.15, -0.1) is 0 Å². The monoisotopic (exact) mass is 413 g/mol. The first kappa shape index (κ1) is 20.5. The summed E-state index contributed by atoms with van der Waals surface area (Å²) in [7, 11) is 1.60. The molecular formula is C19H20ClN7O2. The zero-order valence-electron chi connectivity index (χ0n) is 16.0. The number of nitrogens with zero attached hydrogens (tertiary/aromatic N) is 5. The van der Waals surface area contributed by atoms with Crippen molar-refractivity contribution in [1.82, 2.24) is 19.5 Å². The van der Waals surface area contributed by atoms with Crippen LogP contribution in [-0.2, 0) is 11.3 Å². The lowest BCUT2D eigenvalue weighted by molar-refractivity contribution is 0.189. The van der Waals surface area contributed by atoms with Crippen molar-refractivity contribution in [1.29, 1.82) is 5.26 Å². The molecule has 29 heavy (non-hydrogen) atoms. The minimum absolute atomic E-state index is 0.0768. The largest absolute Gasteiger partial charge is 0.385 e. The number of nitrogen functional groups attached to an aromatic ring is 1. The number of hydrogen-bond donors (Lipinski definition) is 2. The third kappa shape index (κ3) is 4.13. The van der Waals surface area contributed by atoms with Crippen molar-refractivity contribution < 1.29 is 4.74 Å². The highest BCUT2D eigenvalue weighted by atomic mass is 35.5. The molecule has 0 fully saturated rings. The molecule has 0 aliphatic heterocycles. The fourth-order valence-electron chi connectivity index (χ4n) is 3.04. The van der Waals surface area contributed by atoms with E-state index in [0.29, 0.717) is 41.3 Å². The van der Waals surface area contributed by atoms with Crippen LogP contribution in [0.15, 0.2) is 29.3 Å². The number of halogens is 1. The quantitative estimate of drug-likeness (QED) is 0.564. The maximum absolute atomic E-state index is 13.2. The van der Waals surface area contributed by atoms with Crippen LogP contribution in [0.3, 0.4) is 0 Å². The van der Waals surface area contributed by atoms with Gasteiger partial charge in [0.25, 0.3) is 5.56 Å². The summed E-state index contributed by atoms with van der Waals surface area (Å²) in [5.41, 5.74) is 6.16. The number of rotatable bonds is 7. The Hall–Kier alpha value is -3.22. The molecule has 0 amide bonds. The minimum Gasteiger partial charge on any atom is -0.385 e. The predicted molar refractivity (Wildman–Crippen MR) is 111 cm³/mol. The molecule has 0 aliphatic carbocycles. The number of hydrogen-bond acceptors (Lipinski definition) is 8. The van der Waals surface area contributed by atoms with Crippen molar-refractivity contribution in [3.63, 3.8) is 0 Å². The summed E-state index contributed by atoms with van der Waals surface area (Å²) in [6.07, 6.45) is 1.89. The summed E-state index contributed by atoms with van der Waals surface area (Å²) in [5, 5.41) is 13.2. The van der Waals surface area contributed by atoms with Gasteiger partial charge >= 0.3 is 0 Å². The number of ether oxygens (including phenoxy) is 1. The van der Waals surface area contributed by atoms with E-state index in [2.05, 4.69) is 20.3 Å². The molecular weight excluding hydrogens is 394 g/mol.